The Morgan fingerprint density at radius 3 is 2.27 bits per heavy atom. The van der Waals surface area contributed by atoms with Gasteiger partial charge in [-0.1, -0.05) is 0 Å². The normalized spacial score (nSPS) is 11.3. The SMILES string of the molecule is CC(=O)OCOOC(C)(C)C. The minimum absolute atomic E-state index is 0.160. The molecule has 0 rings (SSSR count). The molecule has 0 unspecified atom stereocenters. The molecule has 0 fully saturated rings. The van der Waals surface area contributed by atoms with Gasteiger partial charge >= 0.3 is 5.97 Å². The predicted octanol–water partition coefficient (Wildman–Crippen LogP) is 1.25. The van der Waals surface area contributed by atoms with Gasteiger partial charge in [-0.3, -0.25) is 4.79 Å². The molecule has 0 aliphatic carbocycles. The van der Waals surface area contributed by atoms with Gasteiger partial charge < -0.3 is 4.74 Å². The Morgan fingerprint density at radius 1 is 1.36 bits per heavy atom. The summed E-state index contributed by atoms with van der Waals surface area (Å²) in [5.41, 5.74) is -0.375. The van der Waals surface area contributed by atoms with Crippen LogP contribution in [0.3, 0.4) is 0 Å². The van der Waals surface area contributed by atoms with E-state index < -0.39 is 0 Å². The largest absolute Gasteiger partial charge is 0.436 e. The first-order chi connectivity index (χ1) is 4.92. The fourth-order valence-electron chi connectivity index (χ4n) is 0.308. The molecule has 11 heavy (non-hydrogen) atoms. The molecular weight excluding hydrogens is 148 g/mol. The molecule has 0 radical (unpaired) electrons. The van der Waals surface area contributed by atoms with E-state index in [0.29, 0.717) is 0 Å². The molecule has 0 N–H and O–H groups in total. The summed E-state index contributed by atoms with van der Waals surface area (Å²) in [4.78, 5) is 19.6. The molecule has 0 saturated carbocycles. The van der Waals surface area contributed by atoms with Crippen LogP contribution in [0.5, 0.6) is 0 Å². The monoisotopic (exact) mass is 162 g/mol. The fraction of sp³-hybridized carbons (Fsp3) is 0.857. The molecule has 0 aromatic carbocycles. The number of esters is 1. The van der Waals surface area contributed by atoms with E-state index >= 15 is 0 Å². The summed E-state index contributed by atoms with van der Waals surface area (Å²) in [5.74, 6) is -0.387. The van der Waals surface area contributed by atoms with Crippen molar-refractivity contribution in [1.82, 2.24) is 0 Å². The topological polar surface area (TPSA) is 44.8 Å². The number of ether oxygens (including phenoxy) is 1. The molecule has 0 bridgehead atoms. The van der Waals surface area contributed by atoms with Crippen LogP contribution in [0.2, 0.25) is 0 Å². The maximum absolute atomic E-state index is 10.2. The number of rotatable bonds is 3. The second-order valence-electron chi connectivity index (χ2n) is 3.07. The van der Waals surface area contributed by atoms with Gasteiger partial charge in [0.05, 0.1) is 5.60 Å². The highest BCUT2D eigenvalue weighted by Crippen LogP contribution is 2.06. The van der Waals surface area contributed by atoms with E-state index in [4.69, 9.17) is 4.89 Å². The first-order valence-corrected chi connectivity index (χ1v) is 3.36. The van der Waals surface area contributed by atoms with Crippen LogP contribution in [0.15, 0.2) is 0 Å². The Kier molecular flexibility index (Phi) is 4.07. The maximum Gasteiger partial charge on any atom is 0.304 e. The van der Waals surface area contributed by atoms with Gasteiger partial charge in [0.15, 0.2) is 0 Å². The summed E-state index contributed by atoms with van der Waals surface area (Å²) >= 11 is 0. The van der Waals surface area contributed by atoms with Crippen molar-refractivity contribution in [3.63, 3.8) is 0 Å². The minimum atomic E-state index is -0.387. The van der Waals surface area contributed by atoms with E-state index in [1.54, 1.807) is 0 Å². The molecule has 0 aromatic heterocycles. The highest BCUT2D eigenvalue weighted by atomic mass is 17.2. The van der Waals surface area contributed by atoms with Crippen molar-refractivity contribution in [2.45, 2.75) is 33.3 Å². The summed E-state index contributed by atoms with van der Waals surface area (Å²) < 4.78 is 4.45. The molecule has 0 heterocycles. The Morgan fingerprint density at radius 2 is 1.91 bits per heavy atom. The number of hydrogen-bond donors (Lipinski definition) is 0. The number of hydrogen-bond acceptors (Lipinski definition) is 4. The van der Waals surface area contributed by atoms with Gasteiger partial charge in [0.1, 0.15) is 0 Å². The van der Waals surface area contributed by atoms with Crippen molar-refractivity contribution in [3.05, 3.63) is 0 Å². The first-order valence-electron chi connectivity index (χ1n) is 3.36. The molecule has 0 atom stereocenters. The molecule has 0 aromatic rings. The molecule has 4 heteroatoms. The Hall–Kier alpha value is -0.610. The third-order valence-electron chi connectivity index (χ3n) is 0.619. The highest BCUT2D eigenvalue weighted by Gasteiger charge is 2.11. The lowest BCUT2D eigenvalue weighted by atomic mass is 10.2. The summed E-state index contributed by atoms with van der Waals surface area (Å²) in [5, 5.41) is 0. The maximum atomic E-state index is 10.2. The summed E-state index contributed by atoms with van der Waals surface area (Å²) in [7, 11) is 0. The van der Waals surface area contributed by atoms with E-state index in [-0.39, 0.29) is 18.4 Å². The Bertz CT molecular complexity index is 125. The highest BCUT2D eigenvalue weighted by molar-refractivity contribution is 5.65. The van der Waals surface area contributed by atoms with Crippen molar-refractivity contribution >= 4 is 5.97 Å². The zero-order valence-electron chi connectivity index (χ0n) is 7.34. The zero-order chi connectivity index (χ0) is 8.91. The molecule has 0 spiro atoms. The summed E-state index contributed by atoms with van der Waals surface area (Å²) in [6, 6.07) is 0. The third-order valence-corrected chi connectivity index (χ3v) is 0.619. The molecule has 0 saturated heterocycles. The van der Waals surface area contributed by atoms with E-state index in [9.17, 15) is 4.79 Å². The zero-order valence-corrected chi connectivity index (χ0v) is 7.34. The molecule has 66 valence electrons. The lowest BCUT2D eigenvalue weighted by molar-refractivity contribution is -0.375. The van der Waals surface area contributed by atoms with Crippen LogP contribution in [0, 0.1) is 0 Å². The van der Waals surface area contributed by atoms with Gasteiger partial charge in [0.2, 0.25) is 6.79 Å². The van der Waals surface area contributed by atoms with Gasteiger partial charge in [-0.15, -0.1) is 0 Å². The molecule has 4 nitrogen and oxygen atoms in total. The van der Waals surface area contributed by atoms with Crippen LogP contribution in [-0.4, -0.2) is 18.4 Å². The van der Waals surface area contributed by atoms with Gasteiger partial charge in [0, 0.05) is 6.92 Å². The molecule has 0 aliphatic rings. The quantitative estimate of drug-likeness (QED) is 0.206. The van der Waals surface area contributed by atoms with Crippen molar-refractivity contribution in [1.29, 1.82) is 0 Å². The van der Waals surface area contributed by atoms with Crippen LogP contribution in [-0.2, 0) is 19.3 Å². The Labute approximate surface area is 66.4 Å². The molecule has 0 amide bonds. The number of carbonyl (C=O) groups is 1. The lowest BCUT2D eigenvalue weighted by Crippen LogP contribution is -2.20. The number of carbonyl (C=O) groups excluding carboxylic acids is 1. The summed E-state index contributed by atoms with van der Waals surface area (Å²) in [6.45, 7) is 6.65. The van der Waals surface area contributed by atoms with Crippen molar-refractivity contribution in [3.8, 4) is 0 Å². The summed E-state index contributed by atoms with van der Waals surface area (Å²) in [6.07, 6.45) is 0. The first kappa shape index (κ1) is 10.4. The predicted molar refractivity (Wildman–Crippen MR) is 38.6 cm³/mol. The van der Waals surface area contributed by atoms with Crippen molar-refractivity contribution in [2.75, 3.05) is 6.79 Å². The smallest absolute Gasteiger partial charge is 0.304 e. The van der Waals surface area contributed by atoms with Gasteiger partial charge in [-0.05, 0) is 20.8 Å². The van der Waals surface area contributed by atoms with E-state index in [0.717, 1.165) is 0 Å². The lowest BCUT2D eigenvalue weighted by Gasteiger charge is -2.16. The molecule has 0 aliphatic heterocycles. The standard InChI is InChI=1S/C7H14O4/c1-6(8)9-5-10-11-7(2,3)4/h5H2,1-4H3. The van der Waals surface area contributed by atoms with E-state index in [2.05, 4.69) is 9.62 Å². The Balaban J connectivity index is 3.22. The molecular formula is C7H14O4. The van der Waals surface area contributed by atoms with Crippen LogP contribution >= 0.6 is 0 Å². The van der Waals surface area contributed by atoms with Crippen LogP contribution < -0.4 is 0 Å². The average molecular weight is 162 g/mol. The van der Waals surface area contributed by atoms with Crippen LogP contribution in [0.4, 0.5) is 0 Å². The van der Waals surface area contributed by atoms with Crippen LogP contribution in [0.1, 0.15) is 27.7 Å². The van der Waals surface area contributed by atoms with E-state index in [1.165, 1.54) is 6.92 Å². The van der Waals surface area contributed by atoms with Crippen LogP contribution in [0.25, 0.3) is 0 Å². The van der Waals surface area contributed by atoms with Gasteiger partial charge in [0.25, 0.3) is 0 Å². The van der Waals surface area contributed by atoms with Gasteiger partial charge in [-0.2, -0.15) is 4.89 Å². The second-order valence-corrected chi connectivity index (χ2v) is 3.07. The minimum Gasteiger partial charge on any atom is -0.436 e. The van der Waals surface area contributed by atoms with E-state index in [1.807, 2.05) is 20.8 Å². The average Bonchev–Trinajstić information content (AvgIpc) is 1.78. The third kappa shape index (κ3) is 9.39. The van der Waals surface area contributed by atoms with Crippen molar-refractivity contribution < 1.29 is 19.3 Å². The second kappa shape index (κ2) is 4.31. The van der Waals surface area contributed by atoms with Crippen molar-refractivity contribution in [2.24, 2.45) is 0 Å². The fourth-order valence-corrected chi connectivity index (χ4v) is 0.308. The van der Waals surface area contributed by atoms with Gasteiger partial charge in [-0.25, -0.2) is 4.89 Å².